The molecule has 0 saturated carbocycles. The van der Waals surface area contributed by atoms with Gasteiger partial charge >= 0.3 is 6.09 Å². The van der Waals surface area contributed by atoms with E-state index in [0.717, 1.165) is 25.5 Å². The number of nitrogens with zero attached hydrogens (tertiary/aromatic N) is 2. The first-order valence-corrected chi connectivity index (χ1v) is 6.92. The zero-order valence-electron chi connectivity index (χ0n) is 12.5. The molecule has 2 N–H and O–H groups in total. The number of nitrogens with one attached hydrogen (secondary N) is 2. The molecule has 1 aliphatic rings. The zero-order valence-corrected chi connectivity index (χ0v) is 12.5. The van der Waals surface area contributed by atoms with Gasteiger partial charge < -0.3 is 20.3 Å². The summed E-state index contributed by atoms with van der Waals surface area (Å²) in [6.07, 6.45) is 0.805. The first-order valence-electron chi connectivity index (χ1n) is 6.92. The van der Waals surface area contributed by atoms with Gasteiger partial charge in [0.05, 0.1) is 0 Å². The van der Waals surface area contributed by atoms with Crippen LogP contribution in [-0.4, -0.2) is 55.3 Å². The van der Waals surface area contributed by atoms with E-state index in [0.29, 0.717) is 19.6 Å². The summed E-state index contributed by atoms with van der Waals surface area (Å²) in [5.74, 6) is 0.825. The maximum Gasteiger partial charge on any atom is 0.410 e. The highest BCUT2D eigenvalue weighted by atomic mass is 16.6. The number of guanidine groups is 1. The molecule has 1 heterocycles. The lowest BCUT2D eigenvalue weighted by Gasteiger charge is -2.27. The predicted octanol–water partition coefficient (Wildman–Crippen LogP) is 1.18. The van der Waals surface area contributed by atoms with Gasteiger partial charge in [0.25, 0.3) is 0 Å². The summed E-state index contributed by atoms with van der Waals surface area (Å²) in [5, 5.41) is 6.38. The van der Waals surface area contributed by atoms with Crippen molar-refractivity contribution in [3.05, 3.63) is 0 Å². The molecule has 6 nitrogen and oxygen atoms in total. The summed E-state index contributed by atoms with van der Waals surface area (Å²) in [6.45, 7) is 11.3. The first-order chi connectivity index (χ1) is 8.92. The lowest BCUT2D eigenvalue weighted by atomic mass is 10.2. The molecule has 0 aromatic rings. The molecule has 0 saturated heterocycles. The highest BCUT2D eigenvalue weighted by Crippen LogP contribution is 2.09. The van der Waals surface area contributed by atoms with E-state index in [1.807, 2.05) is 27.7 Å². The molecular formula is C13H26N4O2. The third-order valence-corrected chi connectivity index (χ3v) is 2.60. The Morgan fingerprint density at radius 3 is 2.79 bits per heavy atom. The van der Waals surface area contributed by atoms with E-state index in [2.05, 4.69) is 15.6 Å². The highest BCUT2D eigenvalue weighted by molar-refractivity contribution is 5.80. The molecule has 19 heavy (non-hydrogen) atoms. The number of likely N-dealkylation sites (N-methyl/N-ethyl adjacent to an activating group) is 1. The SMILES string of the molecule is CCN(CCNC1=NCCCN1)C(=O)OC(C)(C)C. The van der Waals surface area contributed by atoms with Crippen molar-refractivity contribution in [2.75, 3.05) is 32.7 Å². The van der Waals surface area contributed by atoms with E-state index >= 15 is 0 Å². The average Bonchev–Trinajstić information content (AvgIpc) is 2.33. The minimum atomic E-state index is -0.451. The molecule has 0 radical (unpaired) electrons. The van der Waals surface area contributed by atoms with Crippen LogP contribution in [0.25, 0.3) is 0 Å². The van der Waals surface area contributed by atoms with Crippen LogP contribution < -0.4 is 10.6 Å². The van der Waals surface area contributed by atoms with Gasteiger partial charge in [0.2, 0.25) is 0 Å². The summed E-state index contributed by atoms with van der Waals surface area (Å²) in [6, 6.07) is 0. The minimum absolute atomic E-state index is 0.268. The van der Waals surface area contributed by atoms with Gasteiger partial charge in [-0.1, -0.05) is 0 Å². The van der Waals surface area contributed by atoms with Crippen molar-refractivity contribution in [1.29, 1.82) is 0 Å². The zero-order chi connectivity index (χ0) is 14.3. The fourth-order valence-corrected chi connectivity index (χ4v) is 1.67. The Hall–Kier alpha value is -1.46. The summed E-state index contributed by atoms with van der Waals surface area (Å²) in [5.41, 5.74) is -0.451. The maximum absolute atomic E-state index is 11.9. The second-order valence-corrected chi connectivity index (χ2v) is 5.50. The van der Waals surface area contributed by atoms with E-state index in [1.54, 1.807) is 4.90 Å². The van der Waals surface area contributed by atoms with Crippen molar-refractivity contribution in [2.45, 2.75) is 39.7 Å². The van der Waals surface area contributed by atoms with Crippen LogP contribution >= 0.6 is 0 Å². The molecule has 0 unspecified atom stereocenters. The Morgan fingerprint density at radius 1 is 1.53 bits per heavy atom. The fourth-order valence-electron chi connectivity index (χ4n) is 1.67. The minimum Gasteiger partial charge on any atom is -0.444 e. The van der Waals surface area contributed by atoms with Crippen LogP contribution in [0, 0.1) is 0 Å². The molecule has 0 fully saturated rings. The standard InChI is InChI=1S/C13H26N4O2/c1-5-17(12(18)19-13(2,3)4)10-9-16-11-14-7-6-8-15-11/h5-10H2,1-4H3,(H2,14,15,16). The Bertz CT molecular complexity index is 323. The normalized spacial score (nSPS) is 15.3. The monoisotopic (exact) mass is 270 g/mol. The second kappa shape index (κ2) is 7.21. The van der Waals surface area contributed by atoms with Crippen LogP contribution in [0.3, 0.4) is 0 Å². The van der Waals surface area contributed by atoms with Gasteiger partial charge in [0.15, 0.2) is 5.96 Å². The largest absolute Gasteiger partial charge is 0.444 e. The quantitative estimate of drug-likeness (QED) is 0.805. The van der Waals surface area contributed by atoms with E-state index in [1.165, 1.54) is 0 Å². The molecule has 0 aromatic heterocycles. The molecule has 0 spiro atoms. The van der Waals surface area contributed by atoms with Gasteiger partial charge in [-0.2, -0.15) is 0 Å². The summed E-state index contributed by atoms with van der Waals surface area (Å²) >= 11 is 0. The van der Waals surface area contributed by atoms with Crippen molar-refractivity contribution in [2.24, 2.45) is 4.99 Å². The number of rotatable bonds is 4. The number of ether oxygens (including phenoxy) is 1. The molecule has 6 heteroatoms. The lowest BCUT2D eigenvalue weighted by molar-refractivity contribution is 0.0264. The third-order valence-electron chi connectivity index (χ3n) is 2.60. The van der Waals surface area contributed by atoms with Crippen molar-refractivity contribution in [3.8, 4) is 0 Å². The van der Waals surface area contributed by atoms with Crippen LogP contribution in [-0.2, 0) is 4.74 Å². The topological polar surface area (TPSA) is 66.0 Å². The van der Waals surface area contributed by atoms with Crippen molar-refractivity contribution in [3.63, 3.8) is 0 Å². The molecular weight excluding hydrogens is 244 g/mol. The molecule has 0 aliphatic carbocycles. The first kappa shape index (κ1) is 15.6. The Labute approximate surface area is 115 Å². The van der Waals surface area contributed by atoms with E-state index in [4.69, 9.17) is 4.74 Å². The number of carbonyl (C=O) groups is 1. The summed E-state index contributed by atoms with van der Waals surface area (Å²) < 4.78 is 5.35. The van der Waals surface area contributed by atoms with Crippen molar-refractivity contribution >= 4 is 12.1 Å². The molecule has 0 aromatic carbocycles. The van der Waals surface area contributed by atoms with Crippen LogP contribution in [0.5, 0.6) is 0 Å². The van der Waals surface area contributed by atoms with Crippen LogP contribution in [0.2, 0.25) is 0 Å². The molecule has 0 atom stereocenters. The fraction of sp³-hybridized carbons (Fsp3) is 0.846. The maximum atomic E-state index is 11.9. The number of hydrogen-bond donors (Lipinski definition) is 2. The predicted molar refractivity (Wildman–Crippen MR) is 76.4 cm³/mol. The van der Waals surface area contributed by atoms with E-state index in [-0.39, 0.29) is 6.09 Å². The molecule has 0 bridgehead atoms. The second-order valence-electron chi connectivity index (χ2n) is 5.50. The summed E-state index contributed by atoms with van der Waals surface area (Å²) in [7, 11) is 0. The van der Waals surface area contributed by atoms with Crippen molar-refractivity contribution < 1.29 is 9.53 Å². The Kier molecular flexibility index (Phi) is 5.92. The lowest BCUT2D eigenvalue weighted by Crippen LogP contribution is -2.45. The highest BCUT2D eigenvalue weighted by Gasteiger charge is 2.20. The molecule has 1 amide bonds. The smallest absolute Gasteiger partial charge is 0.410 e. The van der Waals surface area contributed by atoms with E-state index < -0.39 is 5.60 Å². The van der Waals surface area contributed by atoms with Crippen LogP contribution in [0.15, 0.2) is 4.99 Å². The van der Waals surface area contributed by atoms with Gasteiger partial charge in [-0.25, -0.2) is 4.79 Å². The van der Waals surface area contributed by atoms with Gasteiger partial charge in [-0.3, -0.25) is 4.99 Å². The molecule has 110 valence electrons. The molecule has 1 rings (SSSR count). The Morgan fingerprint density at radius 2 is 2.26 bits per heavy atom. The van der Waals surface area contributed by atoms with E-state index in [9.17, 15) is 4.79 Å². The van der Waals surface area contributed by atoms with Crippen LogP contribution in [0.4, 0.5) is 4.79 Å². The van der Waals surface area contributed by atoms with Crippen LogP contribution in [0.1, 0.15) is 34.1 Å². The number of amides is 1. The average molecular weight is 270 g/mol. The van der Waals surface area contributed by atoms with Crippen molar-refractivity contribution in [1.82, 2.24) is 15.5 Å². The number of hydrogen-bond acceptors (Lipinski definition) is 5. The van der Waals surface area contributed by atoms with Gasteiger partial charge in [0, 0.05) is 32.7 Å². The number of aliphatic imine (C=N–C) groups is 1. The van der Waals surface area contributed by atoms with Gasteiger partial charge in [-0.15, -0.1) is 0 Å². The van der Waals surface area contributed by atoms with Gasteiger partial charge in [0.1, 0.15) is 5.60 Å². The molecule has 1 aliphatic heterocycles. The Balaban J connectivity index is 2.31. The third kappa shape index (κ3) is 6.31. The van der Waals surface area contributed by atoms with Gasteiger partial charge in [-0.05, 0) is 34.1 Å². The number of carbonyl (C=O) groups excluding carboxylic acids is 1. The summed E-state index contributed by atoms with van der Waals surface area (Å²) in [4.78, 5) is 17.9.